The number of carbonyl (C=O) groups is 1. The van der Waals surface area contributed by atoms with Crippen molar-refractivity contribution in [1.82, 2.24) is 0 Å². The lowest BCUT2D eigenvalue weighted by molar-refractivity contribution is -0.268. The first-order chi connectivity index (χ1) is 15.1. The van der Waals surface area contributed by atoms with Gasteiger partial charge in [0.2, 0.25) is 12.1 Å². The molecule has 4 rings (SSSR count). The number of aliphatic hydroxyl groups excluding tert-OH is 4. The predicted octanol–water partition coefficient (Wildman–Crippen LogP) is -0.313. The Labute approximate surface area is 181 Å². The van der Waals surface area contributed by atoms with Crippen LogP contribution in [0.3, 0.4) is 0 Å². The van der Waals surface area contributed by atoms with Crippen LogP contribution in [-0.4, -0.2) is 78.3 Å². The molecule has 7 atom stereocenters. The lowest BCUT2D eigenvalue weighted by Crippen LogP contribution is -2.58. The Kier molecular flexibility index (Phi) is 5.61. The van der Waals surface area contributed by atoms with Crippen molar-refractivity contribution in [2.24, 2.45) is 0 Å². The van der Waals surface area contributed by atoms with E-state index in [9.17, 15) is 40.5 Å². The maximum atomic E-state index is 12.7. The number of fused-ring (bicyclic) bond motifs is 1. The maximum absolute atomic E-state index is 12.7. The van der Waals surface area contributed by atoms with Crippen molar-refractivity contribution in [3.8, 4) is 28.7 Å². The molecule has 1 fully saturated rings. The highest BCUT2D eigenvalue weighted by atomic mass is 16.7. The first-order valence-corrected chi connectivity index (χ1v) is 9.72. The lowest BCUT2D eigenvalue weighted by Gasteiger charge is -2.39. The van der Waals surface area contributed by atoms with Crippen LogP contribution in [-0.2, 0) is 4.74 Å². The number of ketones is 1. The van der Waals surface area contributed by atoms with E-state index in [4.69, 9.17) is 14.2 Å². The standard InChI is InChI=1S/C21H22O11/c1-7-15(25)17(27)19(29)21(30-7)31-9-5-12(24)14-13(6-9)32-20(18(28)16(14)26)8-2-3-10(22)11(23)4-8/h2-7,15,17-25,27-29H,1H3. The van der Waals surface area contributed by atoms with Gasteiger partial charge in [0.05, 0.1) is 6.10 Å². The summed E-state index contributed by atoms with van der Waals surface area (Å²) in [6.45, 7) is 1.47. The fourth-order valence-corrected chi connectivity index (χ4v) is 3.68. The summed E-state index contributed by atoms with van der Waals surface area (Å²) in [6, 6.07) is 5.92. The van der Waals surface area contributed by atoms with Gasteiger partial charge in [0.15, 0.2) is 23.7 Å². The molecule has 2 aliphatic rings. The van der Waals surface area contributed by atoms with Crippen molar-refractivity contribution < 1.29 is 54.8 Å². The number of phenolic OH excluding ortho intramolecular Hbond substituents is 3. The van der Waals surface area contributed by atoms with Gasteiger partial charge in [-0.3, -0.25) is 4.79 Å². The molecule has 2 aromatic rings. The molecule has 11 heteroatoms. The summed E-state index contributed by atoms with van der Waals surface area (Å²) in [5, 5.41) is 69.8. The largest absolute Gasteiger partial charge is 0.507 e. The molecule has 0 amide bonds. The van der Waals surface area contributed by atoms with Crippen molar-refractivity contribution >= 4 is 5.78 Å². The quantitative estimate of drug-likeness (QED) is 0.304. The summed E-state index contributed by atoms with van der Waals surface area (Å²) in [6.07, 6.45) is -9.67. The van der Waals surface area contributed by atoms with Gasteiger partial charge in [0.1, 0.15) is 41.1 Å². The molecule has 11 nitrogen and oxygen atoms in total. The second-order valence-corrected chi connectivity index (χ2v) is 7.71. The van der Waals surface area contributed by atoms with Gasteiger partial charge in [-0.15, -0.1) is 0 Å². The minimum Gasteiger partial charge on any atom is -0.507 e. The van der Waals surface area contributed by atoms with Crippen LogP contribution < -0.4 is 9.47 Å². The van der Waals surface area contributed by atoms with E-state index in [1.807, 2.05) is 0 Å². The molecule has 0 radical (unpaired) electrons. The van der Waals surface area contributed by atoms with Crippen molar-refractivity contribution in [2.45, 2.75) is 49.8 Å². The van der Waals surface area contributed by atoms with Crippen LogP contribution in [0.4, 0.5) is 0 Å². The molecule has 2 heterocycles. The van der Waals surface area contributed by atoms with Gasteiger partial charge in [-0.1, -0.05) is 6.07 Å². The molecular weight excluding hydrogens is 428 g/mol. The van der Waals surface area contributed by atoms with Crippen molar-refractivity contribution in [3.63, 3.8) is 0 Å². The van der Waals surface area contributed by atoms with E-state index in [0.717, 1.165) is 12.1 Å². The SMILES string of the molecule is CC1OC(Oc2cc(O)c3c(c2)OC(c2ccc(O)c(O)c2)C(O)C3=O)C(O)C(O)C1O. The van der Waals surface area contributed by atoms with Gasteiger partial charge in [-0.25, -0.2) is 0 Å². The number of aliphatic hydroxyl groups is 4. The highest BCUT2D eigenvalue weighted by Gasteiger charge is 2.44. The summed E-state index contributed by atoms with van der Waals surface area (Å²) in [5.41, 5.74) is -0.104. The van der Waals surface area contributed by atoms with Gasteiger partial charge in [0, 0.05) is 12.1 Å². The molecule has 2 aliphatic heterocycles. The number of aromatic hydroxyl groups is 3. The van der Waals surface area contributed by atoms with Gasteiger partial charge >= 0.3 is 0 Å². The summed E-state index contributed by atoms with van der Waals surface area (Å²) in [4.78, 5) is 12.7. The van der Waals surface area contributed by atoms with E-state index in [2.05, 4.69) is 0 Å². The smallest absolute Gasteiger partial charge is 0.229 e. The van der Waals surface area contributed by atoms with Gasteiger partial charge in [-0.2, -0.15) is 0 Å². The van der Waals surface area contributed by atoms with Crippen molar-refractivity contribution in [1.29, 1.82) is 0 Å². The Balaban J connectivity index is 1.64. The Morgan fingerprint density at radius 2 is 1.59 bits per heavy atom. The van der Waals surface area contributed by atoms with Crippen LogP contribution in [0.25, 0.3) is 0 Å². The number of hydrogen-bond acceptors (Lipinski definition) is 11. The maximum Gasteiger partial charge on any atom is 0.229 e. The van der Waals surface area contributed by atoms with Gasteiger partial charge in [0.25, 0.3) is 0 Å². The number of hydrogen-bond donors (Lipinski definition) is 7. The van der Waals surface area contributed by atoms with Gasteiger partial charge < -0.3 is 50.0 Å². The summed E-state index contributed by atoms with van der Waals surface area (Å²) in [5.74, 6) is -2.51. The van der Waals surface area contributed by atoms with Crippen LogP contribution in [0, 0.1) is 0 Å². The fourth-order valence-electron chi connectivity index (χ4n) is 3.68. The first kappa shape index (κ1) is 22.1. The zero-order valence-corrected chi connectivity index (χ0v) is 16.7. The minimum absolute atomic E-state index is 0.0856. The van der Waals surface area contributed by atoms with Crippen molar-refractivity contribution in [3.05, 3.63) is 41.5 Å². The molecular formula is C21H22O11. The number of Topliss-reactive ketones (excluding diaryl/α,β-unsaturated/α-hetero) is 1. The Morgan fingerprint density at radius 1 is 0.875 bits per heavy atom. The fraction of sp³-hybridized carbons (Fsp3) is 0.381. The average Bonchev–Trinajstić information content (AvgIpc) is 2.74. The molecule has 0 bridgehead atoms. The van der Waals surface area contributed by atoms with E-state index in [1.165, 1.54) is 25.1 Å². The van der Waals surface area contributed by atoms with E-state index >= 15 is 0 Å². The molecule has 172 valence electrons. The normalized spacial score (nSPS) is 32.2. The molecule has 0 saturated carbocycles. The highest BCUT2D eigenvalue weighted by Crippen LogP contribution is 2.43. The van der Waals surface area contributed by atoms with Crippen LogP contribution >= 0.6 is 0 Å². The third-order valence-electron chi connectivity index (χ3n) is 5.50. The third kappa shape index (κ3) is 3.70. The van der Waals surface area contributed by atoms with Crippen LogP contribution in [0.5, 0.6) is 28.7 Å². The number of phenols is 3. The Hall–Kier alpha value is -3.09. The molecule has 1 saturated heterocycles. The topological polar surface area (TPSA) is 186 Å². The molecule has 2 aromatic carbocycles. The van der Waals surface area contributed by atoms with E-state index in [-0.39, 0.29) is 22.6 Å². The third-order valence-corrected chi connectivity index (χ3v) is 5.50. The molecule has 0 spiro atoms. The molecule has 0 aromatic heterocycles. The van der Waals surface area contributed by atoms with Crippen LogP contribution in [0.2, 0.25) is 0 Å². The Bertz CT molecular complexity index is 1040. The monoisotopic (exact) mass is 450 g/mol. The lowest BCUT2D eigenvalue weighted by atomic mass is 9.92. The summed E-state index contributed by atoms with van der Waals surface area (Å²) in [7, 11) is 0. The first-order valence-electron chi connectivity index (χ1n) is 9.72. The minimum atomic E-state index is -1.70. The second-order valence-electron chi connectivity index (χ2n) is 7.71. The van der Waals surface area contributed by atoms with E-state index < -0.39 is 65.9 Å². The molecule has 0 aliphatic carbocycles. The number of ether oxygens (including phenoxy) is 3. The van der Waals surface area contributed by atoms with Gasteiger partial charge in [-0.05, 0) is 24.6 Å². The number of benzene rings is 2. The highest BCUT2D eigenvalue weighted by molar-refractivity contribution is 6.05. The Morgan fingerprint density at radius 3 is 2.28 bits per heavy atom. The molecule has 7 N–H and O–H groups in total. The second kappa shape index (κ2) is 8.11. The zero-order valence-electron chi connectivity index (χ0n) is 16.7. The van der Waals surface area contributed by atoms with Crippen LogP contribution in [0.1, 0.15) is 28.9 Å². The van der Waals surface area contributed by atoms with E-state index in [0.29, 0.717) is 0 Å². The van der Waals surface area contributed by atoms with Crippen LogP contribution in [0.15, 0.2) is 30.3 Å². The van der Waals surface area contributed by atoms with E-state index in [1.54, 1.807) is 0 Å². The predicted molar refractivity (Wildman–Crippen MR) is 105 cm³/mol. The molecule has 7 unspecified atom stereocenters. The molecule has 32 heavy (non-hydrogen) atoms. The number of carbonyl (C=O) groups excluding carboxylic acids is 1. The zero-order chi connectivity index (χ0) is 23.3. The summed E-state index contributed by atoms with van der Waals surface area (Å²) >= 11 is 0. The number of rotatable bonds is 3. The van der Waals surface area contributed by atoms with Crippen molar-refractivity contribution in [2.75, 3.05) is 0 Å². The average molecular weight is 450 g/mol. The summed E-state index contributed by atoms with van der Waals surface area (Å²) < 4.78 is 16.6.